The van der Waals surface area contributed by atoms with Crippen molar-refractivity contribution < 1.29 is 14.3 Å². The van der Waals surface area contributed by atoms with Crippen molar-refractivity contribution in [2.24, 2.45) is 5.73 Å². The van der Waals surface area contributed by atoms with Crippen LogP contribution < -0.4 is 5.73 Å². The van der Waals surface area contributed by atoms with Crippen molar-refractivity contribution >= 4 is 11.9 Å². The van der Waals surface area contributed by atoms with E-state index in [-0.39, 0.29) is 17.9 Å². The minimum Gasteiger partial charge on any atom is -0.467 e. The molecule has 0 aromatic rings. The van der Waals surface area contributed by atoms with Gasteiger partial charge >= 0.3 is 5.97 Å². The molecule has 104 valence electrons. The third-order valence-electron chi connectivity index (χ3n) is 3.39. The number of carbonyl (C=O) groups excluding carboxylic acids is 2. The van der Waals surface area contributed by atoms with E-state index in [2.05, 4.69) is 0 Å². The number of nitrogens with two attached hydrogens (primary N) is 1. The van der Waals surface area contributed by atoms with Crippen LogP contribution in [0.3, 0.4) is 0 Å². The van der Waals surface area contributed by atoms with Gasteiger partial charge in [0.05, 0.1) is 7.11 Å². The van der Waals surface area contributed by atoms with Gasteiger partial charge in [0, 0.05) is 19.0 Å². The number of hydrogen-bond acceptors (Lipinski definition) is 4. The topological polar surface area (TPSA) is 72.6 Å². The molecular formula is C13H24N2O3. The summed E-state index contributed by atoms with van der Waals surface area (Å²) in [7, 11) is 1.36. The number of hydrogen-bond donors (Lipinski definition) is 1. The molecular weight excluding hydrogens is 232 g/mol. The maximum Gasteiger partial charge on any atom is 0.328 e. The first kappa shape index (κ1) is 15.0. The average Bonchev–Trinajstić information content (AvgIpc) is 2.38. The SMILES string of the molecule is CCCC(N)CC(=O)N1CCCCC1C(=O)OC. The highest BCUT2D eigenvalue weighted by atomic mass is 16.5. The van der Waals surface area contributed by atoms with Gasteiger partial charge in [-0.2, -0.15) is 0 Å². The summed E-state index contributed by atoms with van der Waals surface area (Å²) in [6.45, 7) is 2.68. The minimum absolute atomic E-state index is 0.0222. The van der Waals surface area contributed by atoms with Crippen molar-refractivity contribution in [2.45, 2.75) is 57.5 Å². The molecule has 5 heteroatoms. The van der Waals surface area contributed by atoms with Crippen LogP contribution in [0.25, 0.3) is 0 Å². The Balaban J connectivity index is 2.59. The largest absolute Gasteiger partial charge is 0.467 e. The van der Waals surface area contributed by atoms with E-state index in [1.54, 1.807) is 4.90 Å². The number of likely N-dealkylation sites (tertiary alicyclic amines) is 1. The third kappa shape index (κ3) is 3.98. The number of carbonyl (C=O) groups is 2. The molecule has 18 heavy (non-hydrogen) atoms. The molecule has 2 atom stereocenters. The van der Waals surface area contributed by atoms with Gasteiger partial charge < -0.3 is 15.4 Å². The number of esters is 1. The van der Waals surface area contributed by atoms with E-state index in [4.69, 9.17) is 10.5 Å². The summed E-state index contributed by atoms with van der Waals surface area (Å²) in [5.41, 5.74) is 5.88. The van der Waals surface area contributed by atoms with Crippen LogP contribution in [0.4, 0.5) is 0 Å². The summed E-state index contributed by atoms with van der Waals surface area (Å²) in [5, 5.41) is 0. The normalized spacial score (nSPS) is 21.5. The predicted octanol–water partition coefficient (Wildman–Crippen LogP) is 1.06. The summed E-state index contributed by atoms with van der Waals surface area (Å²) in [6.07, 6.45) is 4.73. The van der Waals surface area contributed by atoms with Crippen LogP contribution in [0.1, 0.15) is 45.4 Å². The van der Waals surface area contributed by atoms with Crippen LogP contribution in [0.15, 0.2) is 0 Å². The highest BCUT2D eigenvalue weighted by Gasteiger charge is 2.32. The van der Waals surface area contributed by atoms with Gasteiger partial charge in [0.25, 0.3) is 0 Å². The molecule has 0 aromatic carbocycles. The predicted molar refractivity (Wildman–Crippen MR) is 68.9 cm³/mol. The smallest absolute Gasteiger partial charge is 0.328 e. The number of amides is 1. The van der Waals surface area contributed by atoms with Gasteiger partial charge in [0.1, 0.15) is 6.04 Å². The van der Waals surface area contributed by atoms with Crippen molar-refractivity contribution in [2.75, 3.05) is 13.7 Å². The molecule has 1 amide bonds. The van der Waals surface area contributed by atoms with Gasteiger partial charge in [-0.05, 0) is 25.7 Å². The fourth-order valence-electron chi connectivity index (χ4n) is 2.43. The zero-order valence-electron chi connectivity index (χ0n) is 11.4. The van der Waals surface area contributed by atoms with Gasteiger partial charge in [0.15, 0.2) is 0 Å². The second-order valence-electron chi connectivity index (χ2n) is 4.87. The zero-order chi connectivity index (χ0) is 13.5. The molecule has 0 spiro atoms. The summed E-state index contributed by atoms with van der Waals surface area (Å²) >= 11 is 0. The van der Waals surface area contributed by atoms with Crippen molar-refractivity contribution in [1.29, 1.82) is 0 Å². The van der Waals surface area contributed by atoms with Gasteiger partial charge in [0.2, 0.25) is 5.91 Å². The summed E-state index contributed by atoms with van der Waals surface area (Å²) in [6, 6.07) is -0.521. The molecule has 0 saturated carbocycles. The quantitative estimate of drug-likeness (QED) is 0.746. The lowest BCUT2D eigenvalue weighted by molar-refractivity contribution is -0.154. The Morgan fingerprint density at radius 1 is 1.44 bits per heavy atom. The first-order valence-corrected chi connectivity index (χ1v) is 6.73. The fourth-order valence-corrected chi connectivity index (χ4v) is 2.43. The van der Waals surface area contributed by atoms with E-state index in [9.17, 15) is 9.59 Å². The molecule has 1 fully saturated rings. The minimum atomic E-state index is -0.412. The Bertz CT molecular complexity index is 294. The Hall–Kier alpha value is -1.10. The molecule has 1 aliphatic rings. The lowest BCUT2D eigenvalue weighted by Gasteiger charge is -2.34. The number of rotatable bonds is 5. The van der Waals surface area contributed by atoms with Crippen molar-refractivity contribution in [3.8, 4) is 0 Å². The summed E-state index contributed by atoms with van der Waals surface area (Å²) < 4.78 is 4.76. The number of methoxy groups -OCH3 is 1. The van der Waals surface area contributed by atoms with Crippen LogP contribution >= 0.6 is 0 Å². The van der Waals surface area contributed by atoms with Gasteiger partial charge in [-0.3, -0.25) is 4.79 Å². The van der Waals surface area contributed by atoms with E-state index >= 15 is 0 Å². The van der Waals surface area contributed by atoms with E-state index in [1.165, 1.54) is 7.11 Å². The van der Waals surface area contributed by atoms with Gasteiger partial charge in [-0.15, -0.1) is 0 Å². The highest BCUT2D eigenvalue weighted by Crippen LogP contribution is 2.19. The van der Waals surface area contributed by atoms with Crippen LogP contribution in [0.2, 0.25) is 0 Å². The monoisotopic (exact) mass is 256 g/mol. The number of piperidine rings is 1. The average molecular weight is 256 g/mol. The molecule has 1 rings (SSSR count). The first-order chi connectivity index (χ1) is 8.60. The van der Waals surface area contributed by atoms with E-state index in [1.807, 2.05) is 6.92 Å². The molecule has 1 saturated heterocycles. The second-order valence-corrected chi connectivity index (χ2v) is 4.87. The van der Waals surface area contributed by atoms with E-state index < -0.39 is 6.04 Å². The van der Waals surface area contributed by atoms with Crippen LogP contribution in [-0.2, 0) is 14.3 Å². The highest BCUT2D eigenvalue weighted by molar-refractivity contribution is 5.85. The van der Waals surface area contributed by atoms with Crippen molar-refractivity contribution in [3.05, 3.63) is 0 Å². The first-order valence-electron chi connectivity index (χ1n) is 6.73. The molecule has 5 nitrogen and oxygen atoms in total. The maximum absolute atomic E-state index is 12.2. The zero-order valence-corrected chi connectivity index (χ0v) is 11.4. The van der Waals surface area contributed by atoms with Crippen LogP contribution in [0.5, 0.6) is 0 Å². The van der Waals surface area contributed by atoms with Crippen LogP contribution in [-0.4, -0.2) is 42.5 Å². The maximum atomic E-state index is 12.2. The Kier molecular flexibility index (Phi) is 6.12. The Labute approximate surface area is 109 Å². The molecule has 1 heterocycles. The summed E-state index contributed by atoms with van der Waals surface area (Å²) in [5.74, 6) is -0.335. The van der Waals surface area contributed by atoms with E-state index in [0.29, 0.717) is 19.4 Å². The fraction of sp³-hybridized carbons (Fsp3) is 0.846. The van der Waals surface area contributed by atoms with Gasteiger partial charge in [-0.1, -0.05) is 13.3 Å². The lowest BCUT2D eigenvalue weighted by Crippen LogP contribution is -2.49. The van der Waals surface area contributed by atoms with Gasteiger partial charge in [-0.25, -0.2) is 4.79 Å². The Morgan fingerprint density at radius 2 is 2.17 bits per heavy atom. The molecule has 1 aliphatic heterocycles. The molecule has 2 N–H and O–H groups in total. The molecule has 0 aliphatic carbocycles. The lowest BCUT2D eigenvalue weighted by atomic mass is 10.0. The molecule has 0 radical (unpaired) electrons. The van der Waals surface area contributed by atoms with Crippen molar-refractivity contribution in [1.82, 2.24) is 4.90 Å². The van der Waals surface area contributed by atoms with E-state index in [0.717, 1.165) is 25.7 Å². The second kappa shape index (κ2) is 7.36. The molecule has 0 aromatic heterocycles. The molecule has 0 bridgehead atoms. The summed E-state index contributed by atoms with van der Waals surface area (Å²) in [4.78, 5) is 25.4. The number of nitrogens with zero attached hydrogens (tertiary/aromatic N) is 1. The number of ether oxygens (including phenoxy) is 1. The Morgan fingerprint density at radius 3 is 2.78 bits per heavy atom. The third-order valence-corrected chi connectivity index (χ3v) is 3.39. The molecule has 2 unspecified atom stereocenters. The van der Waals surface area contributed by atoms with Crippen LogP contribution in [0, 0.1) is 0 Å². The van der Waals surface area contributed by atoms with Crippen molar-refractivity contribution in [3.63, 3.8) is 0 Å². The standard InChI is InChI=1S/C13H24N2O3/c1-3-6-10(14)9-12(16)15-8-5-4-7-11(15)13(17)18-2/h10-11H,3-9,14H2,1-2H3.